The van der Waals surface area contributed by atoms with Crippen LogP contribution >= 0.6 is 11.3 Å². The van der Waals surface area contributed by atoms with Crippen molar-refractivity contribution in [3.8, 4) is 0 Å². The first kappa shape index (κ1) is 24.8. The van der Waals surface area contributed by atoms with Gasteiger partial charge in [0.2, 0.25) is 5.43 Å². The van der Waals surface area contributed by atoms with E-state index >= 15 is 4.39 Å². The summed E-state index contributed by atoms with van der Waals surface area (Å²) < 4.78 is 21.8. The molecule has 2 N–H and O–H groups in total. The van der Waals surface area contributed by atoms with Crippen molar-refractivity contribution in [2.24, 2.45) is 0 Å². The van der Waals surface area contributed by atoms with Crippen LogP contribution in [0.5, 0.6) is 0 Å². The number of likely N-dealkylation sites (N-methyl/N-ethyl adjacent to an activating group) is 1. The fourth-order valence-corrected chi connectivity index (χ4v) is 4.87. The van der Waals surface area contributed by atoms with Crippen LogP contribution in [0.3, 0.4) is 0 Å². The number of thiazole rings is 1. The molecule has 1 amide bonds. The van der Waals surface area contributed by atoms with Gasteiger partial charge in [0.15, 0.2) is 5.13 Å². The van der Waals surface area contributed by atoms with Gasteiger partial charge in [-0.15, -0.1) is 11.3 Å². The summed E-state index contributed by atoms with van der Waals surface area (Å²) in [6.45, 7) is 7.68. The maximum absolute atomic E-state index is 15.1. The van der Waals surface area contributed by atoms with Crippen molar-refractivity contribution in [1.29, 1.82) is 0 Å². The molecule has 1 aliphatic rings. The number of hydrogen-bond acceptors (Lipinski definition) is 7. The molecule has 2 aromatic heterocycles. The number of hydrogen-bond donors (Lipinski definition) is 2. The van der Waals surface area contributed by atoms with E-state index in [0.29, 0.717) is 23.4 Å². The number of halogens is 1. The minimum absolute atomic E-state index is 0.00491. The topological polar surface area (TPSA) is 98.0 Å². The summed E-state index contributed by atoms with van der Waals surface area (Å²) in [7, 11) is 2.11. The molecule has 1 aromatic carbocycles. The van der Waals surface area contributed by atoms with Crippen LogP contribution in [-0.2, 0) is 22.5 Å². The second kappa shape index (κ2) is 10.5. The molecule has 0 unspecified atom stereocenters. The van der Waals surface area contributed by atoms with Crippen molar-refractivity contribution in [1.82, 2.24) is 9.55 Å². The van der Waals surface area contributed by atoms with Gasteiger partial charge in [-0.25, -0.2) is 9.37 Å². The predicted octanol–water partition coefficient (Wildman–Crippen LogP) is 1.31. The first-order valence-corrected chi connectivity index (χ1v) is 12.5. The van der Waals surface area contributed by atoms with Crippen molar-refractivity contribution >= 4 is 44.9 Å². The minimum atomic E-state index is -0.636. The quantitative estimate of drug-likeness (QED) is 0.473. The lowest BCUT2D eigenvalue weighted by atomic mass is 10.1. The summed E-state index contributed by atoms with van der Waals surface area (Å²) in [5, 5.41) is 4.68. The number of carbonyl (C=O) groups excluding carboxylic acids is 2. The van der Waals surface area contributed by atoms with Crippen molar-refractivity contribution in [3.63, 3.8) is 0 Å². The Bertz CT molecular complexity index is 1310. The molecule has 11 heteroatoms. The second-order valence-electron chi connectivity index (χ2n) is 8.50. The number of carbonyl (C=O) groups is 2. The molecule has 0 saturated carbocycles. The Kier molecular flexibility index (Phi) is 7.46. The number of pyridine rings is 1. The van der Waals surface area contributed by atoms with Crippen molar-refractivity contribution in [3.05, 3.63) is 51.0 Å². The van der Waals surface area contributed by atoms with Gasteiger partial charge in [0, 0.05) is 23.5 Å². The first-order valence-electron chi connectivity index (χ1n) is 11.6. The van der Waals surface area contributed by atoms with Gasteiger partial charge in [0.25, 0.3) is 5.91 Å². The zero-order valence-electron chi connectivity index (χ0n) is 20.0. The van der Waals surface area contributed by atoms with Crippen molar-refractivity contribution in [2.75, 3.05) is 50.1 Å². The van der Waals surface area contributed by atoms with Crippen LogP contribution < -0.4 is 20.5 Å². The summed E-state index contributed by atoms with van der Waals surface area (Å²) >= 11 is 1.15. The van der Waals surface area contributed by atoms with E-state index in [2.05, 4.69) is 17.3 Å². The standard InChI is InChI=1S/C24H28FN5O4S/c1-4-29-13-17(23(33)27-24-26-15(14-35-24)10-21(31)34-5-2)22(32)16-11-18(25)20(12-19(16)29)30-8-6-28(3)7-9-30/h11-14H,4-10H2,1-3H3,(H,26,27,33)/p+1. The molecular formula is C24H29FN5O4S+. The van der Waals surface area contributed by atoms with E-state index < -0.39 is 23.1 Å². The highest BCUT2D eigenvalue weighted by atomic mass is 32.1. The molecule has 3 heterocycles. The van der Waals surface area contributed by atoms with Gasteiger partial charge < -0.3 is 19.1 Å². The van der Waals surface area contributed by atoms with E-state index in [4.69, 9.17) is 4.74 Å². The molecule has 0 atom stereocenters. The van der Waals surface area contributed by atoms with Crippen LogP contribution in [0.25, 0.3) is 10.9 Å². The number of anilines is 2. The Morgan fingerprint density at radius 1 is 1.26 bits per heavy atom. The highest BCUT2D eigenvalue weighted by Gasteiger charge is 2.23. The third-order valence-electron chi connectivity index (χ3n) is 6.09. The van der Waals surface area contributed by atoms with Crippen molar-refractivity contribution in [2.45, 2.75) is 26.8 Å². The SMILES string of the molecule is CCOC(=O)Cc1csc(NC(=O)c2cn(CC)c3cc(N4CC[NH+](C)CC4)c(F)cc3c2=O)n1. The Morgan fingerprint density at radius 3 is 2.69 bits per heavy atom. The Labute approximate surface area is 206 Å². The van der Waals surface area contributed by atoms with E-state index in [1.165, 1.54) is 17.2 Å². The van der Waals surface area contributed by atoms with Crippen LogP contribution in [0.4, 0.5) is 15.2 Å². The number of rotatable bonds is 7. The molecule has 0 radical (unpaired) electrons. The summed E-state index contributed by atoms with van der Waals surface area (Å²) in [5.74, 6) is -1.52. The van der Waals surface area contributed by atoms with Crippen LogP contribution in [0.1, 0.15) is 29.9 Å². The van der Waals surface area contributed by atoms with Crippen LogP contribution in [0.15, 0.2) is 28.5 Å². The van der Waals surface area contributed by atoms with Gasteiger partial charge in [-0.3, -0.25) is 19.7 Å². The number of benzene rings is 1. The lowest BCUT2D eigenvalue weighted by molar-refractivity contribution is -0.880. The zero-order chi connectivity index (χ0) is 25.1. The number of piperazine rings is 1. The van der Waals surface area contributed by atoms with Gasteiger partial charge in [-0.1, -0.05) is 0 Å². The normalized spacial score (nSPS) is 14.3. The predicted molar refractivity (Wildman–Crippen MR) is 133 cm³/mol. The largest absolute Gasteiger partial charge is 0.466 e. The van der Waals surface area contributed by atoms with Crippen molar-refractivity contribution < 1.29 is 23.6 Å². The van der Waals surface area contributed by atoms with E-state index in [1.807, 2.05) is 11.8 Å². The summed E-state index contributed by atoms with van der Waals surface area (Å²) in [4.78, 5) is 45.4. The molecule has 4 rings (SSSR count). The summed E-state index contributed by atoms with van der Waals surface area (Å²) in [6.07, 6.45) is 1.50. The first-order chi connectivity index (χ1) is 16.8. The molecular weight excluding hydrogens is 473 g/mol. The molecule has 0 spiro atoms. The maximum atomic E-state index is 15.1. The fourth-order valence-electron chi connectivity index (χ4n) is 4.16. The molecule has 1 aliphatic heterocycles. The zero-order valence-corrected chi connectivity index (χ0v) is 20.8. The number of quaternary nitrogens is 1. The minimum Gasteiger partial charge on any atom is -0.466 e. The Hall–Kier alpha value is -3.31. The average Bonchev–Trinajstić information content (AvgIpc) is 3.26. The average molecular weight is 503 g/mol. The maximum Gasteiger partial charge on any atom is 0.311 e. The van der Waals surface area contributed by atoms with Gasteiger partial charge in [-0.2, -0.15) is 0 Å². The molecule has 0 aliphatic carbocycles. The number of nitrogens with one attached hydrogen (secondary N) is 2. The van der Waals surface area contributed by atoms with E-state index in [-0.39, 0.29) is 29.1 Å². The molecule has 3 aromatic rings. The number of ether oxygens (including phenoxy) is 1. The van der Waals surface area contributed by atoms with E-state index in [1.54, 1.807) is 22.9 Å². The lowest BCUT2D eigenvalue weighted by Crippen LogP contribution is -3.12. The third kappa shape index (κ3) is 5.35. The van der Waals surface area contributed by atoms with E-state index in [0.717, 1.165) is 37.5 Å². The van der Waals surface area contributed by atoms with Gasteiger partial charge in [-0.05, 0) is 26.0 Å². The summed E-state index contributed by atoms with van der Waals surface area (Å²) in [6, 6.07) is 2.95. The third-order valence-corrected chi connectivity index (χ3v) is 6.90. The van der Waals surface area contributed by atoms with Gasteiger partial charge in [0.1, 0.15) is 11.4 Å². The molecule has 186 valence electrons. The fraction of sp³-hybridized carbons (Fsp3) is 0.417. The molecule has 9 nitrogen and oxygen atoms in total. The Morgan fingerprint density at radius 2 is 2.00 bits per heavy atom. The highest BCUT2D eigenvalue weighted by molar-refractivity contribution is 7.14. The lowest BCUT2D eigenvalue weighted by Gasteiger charge is -2.32. The second-order valence-corrected chi connectivity index (χ2v) is 9.36. The number of nitrogens with zero attached hydrogens (tertiary/aromatic N) is 3. The highest BCUT2D eigenvalue weighted by Crippen LogP contribution is 2.26. The number of aryl methyl sites for hydroxylation is 1. The Balaban J connectivity index is 1.62. The van der Waals surface area contributed by atoms with Crippen LogP contribution in [-0.4, -0.2) is 61.3 Å². The summed E-state index contributed by atoms with van der Waals surface area (Å²) in [5.41, 5.74) is 0.882. The van der Waals surface area contributed by atoms with Gasteiger partial charge >= 0.3 is 5.97 Å². The number of aromatic nitrogens is 2. The molecule has 35 heavy (non-hydrogen) atoms. The number of esters is 1. The molecule has 1 saturated heterocycles. The monoisotopic (exact) mass is 502 g/mol. The molecule has 0 bridgehead atoms. The van der Waals surface area contributed by atoms with Crippen LogP contribution in [0, 0.1) is 5.82 Å². The number of amides is 1. The smallest absolute Gasteiger partial charge is 0.311 e. The van der Waals surface area contributed by atoms with E-state index in [9.17, 15) is 14.4 Å². The number of fused-ring (bicyclic) bond motifs is 1. The van der Waals surface area contributed by atoms with Crippen LogP contribution in [0.2, 0.25) is 0 Å². The molecule has 1 fully saturated rings. The van der Waals surface area contributed by atoms with Gasteiger partial charge in [0.05, 0.1) is 63.2 Å².